The number of nitrogens with zero attached hydrogens (tertiary/aromatic N) is 3. The van der Waals surface area contributed by atoms with Crippen LogP contribution in [0.5, 0.6) is 0 Å². The lowest BCUT2D eigenvalue weighted by atomic mass is 9.88. The molecule has 1 fully saturated rings. The fourth-order valence-electron chi connectivity index (χ4n) is 4.51. The number of benzene rings is 3. The SMILES string of the molecule is O=C1C(=O)N(c2nnc(SCc3ccccc3F)s2)C(c2ccc(F)cc2)C1C(=O)c1cc2ccccc2o1. The number of halogens is 2. The Morgan fingerprint density at radius 3 is 2.49 bits per heavy atom. The van der Waals surface area contributed by atoms with Crippen LogP contribution in [0, 0.1) is 17.6 Å². The maximum Gasteiger partial charge on any atom is 0.297 e. The molecule has 2 unspecified atom stereocenters. The van der Waals surface area contributed by atoms with Crippen LogP contribution in [0.3, 0.4) is 0 Å². The highest BCUT2D eigenvalue weighted by atomic mass is 32.2. The molecule has 1 aliphatic heterocycles. The third kappa shape index (κ3) is 4.64. The van der Waals surface area contributed by atoms with Gasteiger partial charge in [0.15, 0.2) is 10.1 Å². The van der Waals surface area contributed by atoms with Gasteiger partial charge < -0.3 is 4.42 Å². The summed E-state index contributed by atoms with van der Waals surface area (Å²) in [5.74, 6) is -4.60. The molecule has 0 N–H and O–H groups in total. The van der Waals surface area contributed by atoms with Crippen LogP contribution in [0.25, 0.3) is 11.0 Å². The third-order valence-corrected chi connectivity index (χ3v) is 8.48. The fourth-order valence-corrected chi connectivity index (χ4v) is 6.37. The molecule has 1 amide bonds. The second-order valence-electron chi connectivity index (χ2n) is 8.76. The largest absolute Gasteiger partial charge is 0.453 e. The Kier molecular flexibility index (Phi) is 6.53. The van der Waals surface area contributed by atoms with Crippen molar-refractivity contribution in [3.63, 3.8) is 0 Å². The van der Waals surface area contributed by atoms with Crippen LogP contribution in [-0.2, 0) is 15.3 Å². The lowest BCUT2D eigenvalue weighted by molar-refractivity contribution is -0.135. The standard InChI is InChI=1S/C28H17F2N3O4S2/c29-18-11-9-15(10-12-18)23-22(24(34)21-13-16-5-2-4-8-20(16)37-21)25(35)26(36)33(23)27-31-32-28(39-27)38-14-17-6-1-3-7-19(17)30/h1-13,22-23H,14H2. The predicted molar refractivity (Wildman–Crippen MR) is 142 cm³/mol. The third-order valence-electron chi connectivity index (χ3n) is 6.38. The van der Waals surface area contributed by atoms with E-state index in [9.17, 15) is 23.2 Å². The van der Waals surface area contributed by atoms with Crippen molar-refractivity contribution in [2.45, 2.75) is 16.1 Å². The summed E-state index contributed by atoms with van der Waals surface area (Å²) >= 11 is 2.26. The molecule has 194 valence electrons. The van der Waals surface area contributed by atoms with E-state index in [4.69, 9.17) is 4.42 Å². The van der Waals surface area contributed by atoms with Gasteiger partial charge in [0.2, 0.25) is 16.7 Å². The highest BCUT2D eigenvalue weighted by Gasteiger charge is 2.54. The number of carbonyl (C=O) groups is 3. The number of ketones is 2. The first-order valence-electron chi connectivity index (χ1n) is 11.8. The van der Waals surface area contributed by atoms with E-state index in [1.165, 1.54) is 48.2 Å². The molecule has 1 saturated heterocycles. The van der Waals surface area contributed by atoms with Gasteiger partial charge in [-0.3, -0.25) is 19.3 Å². The van der Waals surface area contributed by atoms with Crippen molar-refractivity contribution < 1.29 is 27.6 Å². The first-order chi connectivity index (χ1) is 18.9. The second-order valence-corrected chi connectivity index (χ2v) is 10.9. The second kappa shape index (κ2) is 10.2. The normalized spacial score (nSPS) is 17.3. The average Bonchev–Trinajstić information content (AvgIpc) is 3.65. The van der Waals surface area contributed by atoms with Crippen LogP contribution >= 0.6 is 23.1 Å². The lowest BCUT2D eigenvalue weighted by Crippen LogP contribution is -2.30. The quantitative estimate of drug-likeness (QED) is 0.0790. The molecule has 1 aliphatic rings. The van der Waals surface area contributed by atoms with E-state index < -0.39 is 35.3 Å². The summed E-state index contributed by atoms with van der Waals surface area (Å²) in [6, 6.07) is 19.0. The van der Waals surface area contributed by atoms with E-state index in [1.807, 2.05) is 0 Å². The van der Waals surface area contributed by atoms with Crippen molar-refractivity contribution in [2.24, 2.45) is 5.92 Å². The highest BCUT2D eigenvalue weighted by molar-refractivity contribution is 8.00. The topological polar surface area (TPSA) is 93.4 Å². The Balaban J connectivity index is 1.36. The van der Waals surface area contributed by atoms with Gasteiger partial charge in [0, 0.05) is 11.1 Å². The summed E-state index contributed by atoms with van der Waals surface area (Å²) < 4.78 is 33.9. The lowest BCUT2D eigenvalue weighted by Gasteiger charge is -2.24. The van der Waals surface area contributed by atoms with Crippen LogP contribution in [0.4, 0.5) is 13.9 Å². The zero-order chi connectivity index (χ0) is 27.1. The number of aromatic nitrogens is 2. The molecule has 2 atom stereocenters. The number of amides is 1. The van der Waals surface area contributed by atoms with Crippen LogP contribution in [-0.4, -0.2) is 27.7 Å². The number of furan rings is 1. The molecule has 39 heavy (non-hydrogen) atoms. The van der Waals surface area contributed by atoms with Crippen molar-refractivity contribution in [3.8, 4) is 0 Å². The first-order valence-corrected chi connectivity index (χ1v) is 13.6. The maximum absolute atomic E-state index is 14.0. The van der Waals surface area contributed by atoms with Gasteiger partial charge in [0.05, 0.1) is 6.04 Å². The molecule has 0 saturated carbocycles. The van der Waals surface area contributed by atoms with Crippen LogP contribution < -0.4 is 4.90 Å². The molecule has 3 heterocycles. The molecular weight excluding hydrogens is 544 g/mol. The van der Waals surface area contributed by atoms with Gasteiger partial charge in [-0.2, -0.15) is 0 Å². The number of anilines is 1. The number of hydrogen-bond acceptors (Lipinski definition) is 8. The molecule has 0 spiro atoms. The fraction of sp³-hybridized carbons (Fsp3) is 0.107. The Morgan fingerprint density at radius 2 is 1.72 bits per heavy atom. The van der Waals surface area contributed by atoms with Crippen LogP contribution in [0.1, 0.15) is 27.7 Å². The van der Waals surface area contributed by atoms with Gasteiger partial charge >= 0.3 is 0 Å². The van der Waals surface area contributed by atoms with Gasteiger partial charge in [-0.1, -0.05) is 71.6 Å². The minimum absolute atomic E-state index is 0.0605. The average molecular weight is 562 g/mol. The van der Waals surface area contributed by atoms with Gasteiger partial charge in [-0.05, 0) is 41.5 Å². The number of Topliss-reactive ketones (excluding diaryl/α,β-unsaturated/α-hetero) is 2. The van der Waals surface area contributed by atoms with Gasteiger partial charge in [0.1, 0.15) is 23.1 Å². The minimum Gasteiger partial charge on any atom is -0.453 e. The van der Waals surface area contributed by atoms with E-state index in [0.29, 0.717) is 26.4 Å². The molecule has 2 aromatic heterocycles. The van der Waals surface area contributed by atoms with Crippen molar-refractivity contribution in [1.82, 2.24) is 10.2 Å². The van der Waals surface area contributed by atoms with E-state index in [1.54, 1.807) is 42.5 Å². The van der Waals surface area contributed by atoms with E-state index in [-0.39, 0.29) is 22.5 Å². The minimum atomic E-state index is -1.44. The Morgan fingerprint density at radius 1 is 0.974 bits per heavy atom. The molecule has 6 rings (SSSR count). The monoisotopic (exact) mass is 561 g/mol. The summed E-state index contributed by atoms with van der Waals surface area (Å²) in [4.78, 5) is 41.4. The zero-order valence-corrected chi connectivity index (χ0v) is 21.5. The predicted octanol–water partition coefficient (Wildman–Crippen LogP) is 6.01. The van der Waals surface area contributed by atoms with Gasteiger partial charge in [0.25, 0.3) is 5.91 Å². The number of hydrogen-bond donors (Lipinski definition) is 0. The Bertz CT molecular complexity index is 1700. The maximum atomic E-state index is 14.0. The molecular formula is C28H17F2N3O4S2. The summed E-state index contributed by atoms with van der Waals surface area (Å²) in [6.45, 7) is 0. The van der Waals surface area contributed by atoms with Crippen molar-refractivity contribution >= 4 is 56.7 Å². The smallest absolute Gasteiger partial charge is 0.297 e. The molecule has 0 radical (unpaired) electrons. The number of fused-ring (bicyclic) bond motifs is 1. The molecule has 7 nitrogen and oxygen atoms in total. The molecule has 3 aromatic carbocycles. The molecule has 0 aliphatic carbocycles. The highest BCUT2D eigenvalue weighted by Crippen LogP contribution is 2.43. The van der Waals surface area contributed by atoms with Crippen LogP contribution in [0.2, 0.25) is 0 Å². The van der Waals surface area contributed by atoms with Crippen molar-refractivity contribution in [1.29, 1.82) is 0 Å². The summed E-state index contributed by atoms with van der Waals surface area (Å²) in [5, 5.41) is 8.99. The molecule has 0 bridgehead atoms. The van der Waals surface area contributed by atoms with Crippen LogP contribution in [0.15, 0.2) is 87.6 Å². The number of rotatable bonds is 7. The summed E-state index contributed by atoms with van der Waals surface area (Å²) in [7, 11) is 0. The van der Waals surface area contributed by atoms with Gasteiger partial charge in [-0.25, -0.2) is 8.78 Å². The summed E-state index contributed by atoms with van der Waals surface area (Å²) in [6.07, 6.45) is 0. The van der Waals surface area contributed by atoms with Crippen molar-refractivity contribution in [2.75, 3.05) is 4.90 Å². The zero-order valence-electron chi connectivity index (χ0n) is 19.9. The van der Waals surface area contributed by atoms with E-state index >= 15 is 0 Å². The summed E-state index contributed by atoms with van der Waals surface area (Å²) in [5.41, 5.74) is 1.32. The first kappa shape index (κ1) is 25.1. The Hall–Kier alpha value is -4.22. The van der Waals surface area contributed by atoms with Gasteiger partial charge in [-0.15, -0.1) is 10.2 Å². The van der Waals surface area contributed by atoms with E-state index in [2.05, 4.69) is 10.2 Å². The number of thioether (sulfide) groups is 1. The number of para-hydroxylation sites is 1. The molecule has 5 aromatic rings. The van der Waals surface area contributed by atoms with Crippen molar-refractivity contribution in [3.05, 3.63) is 107 Å². The Labute approximate surface area is 228 Å². The molecule has 11 heteroatoms. The number of carbonyl (C=O) groups excluding carboxylic acids is 3. The van der Waals surface area contributed by atoms with E-state index in [0.717, 1.165) is 16.2 Å².